The van der Waals surface area contributed by atoms with Crippen LogP contribution in [0, 0.1) is 10.1 Å². The Balaban J connectivity index is 3.09. The Kier molecular flexibility index (Phi) is 6.77. The van der Waals surface area contributed by atoms with E-state index in [-0.39, 0.29) is 35.4 Å². The number of anilines is 1. The lowest BCUT2D eigenvalue weighted by Crippen LogP contribution is -2.31. The van der Waals surface area contributed by atoms with Crippen LogP contribution in [0.1, 0.15) is 20.8 Å². The molecule has 0 saturated heterocycles. The Bertz CT molecular complexity index is 478. The lowest BCUT2D eigenvalue weighted by Gasteiger charge is -2.22. The van der Waals surface area contributed by atoms with Gasteiger partial charge in [0.25, 0.3) is 0 Å². The molecule has 0 spiro atoms. The normalized spacial score (nSPS) is 13.8. The predicted molar refractivity (Wildman–Crippen MR) is 86.3 cm³/mol. The van der Waals surface area contributed by atoms with E-state index in [1.165, 1.54) is 11.8 Å². The van der Waals surface area contributed by atoms with Crippen molar-refractivity contribution in [2.75, 3.05) is 18.2 Å². The lowest BCUT2D eigenvalue weighted by atomic mass is 10.2. The molecule has 0 amide bonds. The molecule has 0 fully saturated rings. The molecule has 6 nitrogen and oxygen atoms in total. The van der Waals surface area contributed by atoms with Gasteiger partial charge in [-0.25, -0.2) is 0 Å². The van der Waals surface area contributed by atoms with E-state index in [1.54, 1.807) is 18.2 Å². The maximum absolute atomic E-state index is 11.3. The number of aliphatic hydroxyl groups is 1. The molecular formula is C14H22N2O4S. The van der Waals surface area contributed by atoms with E-state index in [0.29, 0.717) is 5.69 Å². The van der Waals surface area contributed by atoms with Gasteiger partial charge in [0.15, 0.2) is 5.75 Å². The second kappa shape index (κ2) is 8.09. The standard InChI is InChI=1S/C14H22N2O4S/c1-9(2)20-12-7-5-6-11(14(12)16(18)19)15-10(3)13(8-17)21-4/h5-7,9-10,13,15,17H,8H2,1-4H3. The van der Waals surface area contributed by atoms with Gasteiger partial charge in [0, 0.05) is 11.3 Å². The van der Waals surface area contributed by atoms with Gasteiger partial charge in [-0.2, -0.15) is 11.8 Å². The van der Waals surface area contributed by atoms with E-state index in [1.807, 2.05) is 27.0 Å². The Hall–Kier alpha value is -1.47. The van der Waals surface area contributed by atoms with Gasteiger partial charge >= 0.3 is 5.69 Å². The SMILES string of the molecule is CSC(CO)C(C)Nc1cccc(OC(C)C)c1[N+](=O)[O-]. The quantitative estimate of drug-likeness (QED) is 0.567. The third-order valence-corrected chi connectivity index (χ3v) is 4.13. The molecule has 0 aromatic heterocycles. The molecule has 118 valence electrons. The fraction of sp³-hybridized carbons (Fsp3) is 0.571. The number of benzene rings is 1. The van der Waals surface area contributed by atoms with Crippen molar-refractivity contribution in [3.8, 4) is 5.75 Å². The first-order valence-corrected chi connectivity index (χ1v) is 8.03. The highest BCUT2D eigenvalue weighted by Crippen LogP contribution is 2.36. The molecule has 0 aliphatic carbocycles. The highest BCUT2D eigenvalue weighted by molar-refractivity contribution is 7.99. The van der Waals surface area contributed by atoms with Crippen molar-refractivity contribution in [3.63, 3.8) is 0 Å². The third-order valence-electron chi connectivity index (χ3n) is 2.97. The van der Waals surface area contributed by atoms with Crippen LogP contribution in [0.3, 0.4) is 0 Å². The number of nitrogens with one attached hydrogen (secondary N) is 1. The molecule has 2 atom stereocenters. The highest BCUT2D eigenvalue weighted by atomic mass is 32.2. The minimum atomic E-state index is -0.445. The van der Waals surface area contributed by atoms with E-state index in [4.69, 9.17) is 4.74 Å². The monoisotopic (exact) mass is 314 g/mol. The number of nitrogens with zero attached hydrogens (tertiary/aromatic N) is 1. The number of hydrogen-bond donors (Lipinski definition) is 2. The van der Waals surface area contributed by atoms with Crippen LogP contribution in [0.15, 0.2) is 18.2 Å². The molecule has 0 heterocycles. The number of aliphatic hydroxyl groups excluding tert-OH is 1. The number of ether oxygens (including phenoxy) is 1. The Labute approximate surface area is 129 Å². The topological polar surface area (TPSA) is 84.6 Å². The van der Waals surface area contributed by atoms with Gasteiger partial charge in [0.05, 0.1) is 17.6 Å². The van der Waals surface area contributed by atoms with Gasteiger partial charge in [-0.1, -0.05) is 6.07 Å². The molecular weight excluding hydrogens is 292 g/mol. The van der Waals surface area contributed by atoms with Crippen LogP contribution in [-0.4, -0.2) is 40.3 Å². The molecule has 0 aliphatic heterocycles. The van der Waals surface area contributed by atoms with E-state index < -0.39 is 4.92 Å². The van der Waals surface area contributed by atoms with Gasteiger partial charge in [-0.05, 0) is 39.2 Å². The zero-order valence-corrected chi connectivity index (χ0v) is 13.5. The van der Waals surface area contributed by atoms with E-state index in [2.05, 4.69) is 5.32 Å². The molecule has 0 aliphatic rings. The van der Waals surface area contributed by atoms with Crippen molar-refractivity contribution in [2.24, 2.45) is 0 Å². The van der Waals surface area contributed by atoms with Crippen molar-refractivity contribution in [1.82, 2.24) is 0 Å². The second-order valence-corrected chi connectivity index (χ2v) is 6.04. The summed E-state index contributed by atoms with van der Waals surface area (Å²) in [5.41, 5.74) is 0.328. The van der Waals surface area contributed by atoms with Crippen LogP contribution in [0.2, 0.25) is 0 Å². The summed E-state index contributed by atoms with van der Waals surface area (Å²) in [6, 6.07) is 4.84. The number of para-hydroxylation sites is 1. The summed E-state index contributed by atoms with van der Waals surface area (Å²) in [7, 11) is 0. The van der Waals surface area contributed by atoms with Crippen LogP contribution in [-0.2, 0) is 0 Å². The zero-order valence-electron chi connectivity index (χ0n) is 12.7. The largest absolute Gasteiger partial charge is 0.484 e. The smallest absolute Gasteiger partial charge is 0.333 e. The van der Waals surface area contributed by atoms with Crippen molar-refractivity contribution in [3.05, 3.63) is 28.3 Å². The maximum atomic E-state index is 11.3. The van der Waals surface area contributed by atoms with Crippen molar-refractivity contribution < 1.29 is 14.8 Å². The number of thioether (sulfide) groups is 1. The minimum absolute atomic E-state index is 0.00527. The molecule has 2 N–H and O–H groups in total. The maximum Gasteiger partial charge on any atom is 0.333 e. The summed E-state index contributed by atoms with van der Waals surface area (Å²) in [4.78, 5) is 10.9. The van der Waals surface area contributed by atoms with Crippen LogP contribution >= 0.6 is 11.8 Å². The molecule has 0 saturated carbocycles. The van der Waals surface area contributed by atoms with Gasteiger partial charge in [0.1, 0.15) is 5.69 Å². The minimum Gasteiger partial charge on any atom is -0.484 e. The summed E-state index contributed by atoms with van der Waals surface area (Å²) in [5.74, 6) is 0.247. The molecule has 0 bridgehead atoms. The van der Waals surface area contributed by atoms with E-state index in [9.17, 15) is 15.2 Å². The molecule has 7 heteroatoms. The van der Waals surface area contributed by atoms with E-state index >= 15 is 0 Å². The van der Waals surface area contributed by atoms with Gasteiger partial charge in [-0.3, -0.25) is 10.1 Å². The first-order chi connectivity index (χ1) is 9.90. The molecule has 21 heavy (non-hydrogen) atoms. The first-order valence-electron chi connectivity index (χ1n) is 6.75. The van der Waals surface area contributed by atoms with E-state index in [0.717, 1.165) is 0 Å². The molecule has 1 rings (SSSR count). The molecule has 2 unspecified atom stereocenters. The number of rotatable bonds is 8. The van der Waals surface area contributed by atoms with Crippen molar-refractivity contribution >= 4 is 23.1 Å². The first kappa shape index (κ1) is 17.6. The van der Waals surface area contributed by atoms with Crippen molar-refractivity contribution in [2.45, 2.75) is 38.2 Å². The number of nitro benzene ring substituents is 1. The molecule has 0 radical (unpaired) electrons. The summed E-state index contributed by atoms with van der Waals surface area (Å²) in [6.07, 6.45) is 1.75. The lowest BCUT2D eigenvalue weighted by molar-refractivity contribution is -0.385. The predicted octanol–water partition coefficient (Wildman–Crippen LogP) is 2.91. The summed E-state index contributed by atoms with van der Waals surface area (Å²) < 4.78 is 5.51. The van der Waals surface area contributed by atoms with Crippen LogP contribution in [0.25, 0.3) is 0 Å². The average molecular weight is 314 g/mol. The Morgan fingerprint density at radius 3 is 2.57 bits per heavy atom. The Morgan fingerprint density at radius 1 is 1.43 bits per heavy atom. The van der Waals surface area contributed by atoms with Gasteiger partial charge in [-0.15, -0.1) is 0 Å². The van der Waals surface area contributed by atoms with Crippen LogP contribution in [0.4, 0.5) is 11.4 Å². The Morgan fingerprint density at radius 2 is 2.10 bits per heavy atom. The van der Waals surface area contributed by atoms with Crippen LogP contribution < -0.4 is 10.1 Å². The number of nitro groups is 1. The second-order valence-electron chi connectivity index (χ2n) is 4.97. The zero-order chi connectivity index (χ0) is 16.0. The summed E-state index contributed by atoms with van der Waals surface area (Å²) in [6.45, 7) is 5.53. The number of hydrogen-bond acceptors (Lipinski definition) is 6. The summed E-state index contributed by atoms with van der Waals surface area (Å²) in [5, 5.41) is 23.7. The fourth-order valence-electron chi connectivity index (χ4n) is 1.95. The van der Waals surface area contributed by atoms with Crippen molar-refractivity contribution in [1.29, 1.82) is 0 Å². The highest BCUT2D eigenvalue weighted by Gasteiger charge is 2.24. The van der Waals surface area contributed by atoms with Crippen LogP contribution in [0.5, 0.6) is 5.75 Å². The third kappa shape index (κ3) is 4.78. The van der Waals surface area contributed by atoms with Gasteiger partial charge in [0.2, 0.25) is 0 Å². The fourth-order valence-corrected chi connectivity index (χ4v) is 2.58. The molecule has 1 aromatic rings. The average Bonchev–Trinajstić information content (AvgIpc) is 2.39. The van der Waals surface area contributed by atoms with Gasteiger partial charge < -0.3 is 15.2 Å². The molecule has 1 aromatic carbocycles. The summed E-state index contributed by atoms with van der Waals surface area (Å²) >= 11 is 1.51.